The van der Waals surface area contributed by atoms with E-state index in [2.05, 4.69) is 36.1 Å². The zero-order chi connectivity index (χ0) is 17.0. The minimum atomic E-state index is 0.177. The van der Waals surface area contributed by atoms with Crippen LogP contribution in [-0.2, 0) is 0 Å². The summed E-state index contributed by atoms with van der Waals surface area (Å²) in [5, 5.41) is 3.50. The number of hydrogen-bond donors (Lipinski definition) is 1. The molecule has 1 aliphatic heterocycles. The Morgan fingerprint density at radius 3 is 2.79 bits per heavy atom. The number of rotatable bonds is 5. The Kier molecular flexibility index (Phi) is 5.49. The van der Waals surface area contributed by atoms with Crippen molar-refractivity contribution < 1.29 is 4.42 Å². The molecule has 2 fully saturated rings. The molecule has 1 unspecified atom stereocenters. The van der Waals surface area contributed by atoms with Crippen molar-refractivity contribution >= 4 is 5.96 Å². The van der Waals surface area contributed by atoms with E-state index in [0.717, 1.165) is 24.8 Å². The Bertz CT molecular complexity index is 532. The number of aliphatic imine (C=N–C) groups is 1. The van der Waals surface area contributed by atoms with E-state index in [0.29, 0.717) is 12.0 Å². The molecule has 24 heavy (non-hydrogen) atoms. The maximum absolute atomic E-state index is 5.61. The monoisotopic (exact) mass is 332 g/mol. The van der Waals surface area contributed by atoms with E-state index in [1.807, 2.05) is 12.1 Å². The highest BCUT2D eigenvalue weighted by atomic mass is 16.3. The van der Waals surface area contributed by atoms with Crippen LogP contribution in [0, 0.1) is 5.41 Å². The molecule has 0 aromatic carbocycles. The SMILES string of the molecule is CCNC(=NCC(c1ccco1)N(C)C)N1CCC2(CCCC2)C1. The van der Waals surface area contributed by atoms with E-state index in [1.165, 1.54) is 38.6 Å². The van der Waals surface area contributed by atoms with Gasteiger partial charge in [-0.1, -0.05) is 12.8 Å². The van der Waals surface area contributed by atoms with E-state index in [-0.39, 0.29) is 6.04 Å². The fourth-order valence-corrected chi connectivity index (χ4v) is 4.24. The molecule has 1 saturated heterocycles. The molecule has 2 heterocycles. The molecule has 0 amide bonds. The topological polar surface area (TPSA) is 44.0 Å². The summed E-state index contributed by atoms with van der Waals surface area (Å²) >= 11 is 0. The molecular weight excluding hydrogens is 300 g/mol. The average Bonchev–Trinajstić information content (AvgIpc) is 3.30. The standard InChI is InChI=1S/C19H32N4O/c1-4-20-18(23-12-11-19(15-23)9-5-6-10-19)21-14-16(22(2)3)17-8-7-13-24-17/h7-8,13,16H,4-6,9-12,14-15H2,1-3H3,(H,20,21). The Labute approximate surface area is 146 Å². The Morgan fingerprint density at radius 2 is 2.17 bits per heavy atom. The highest BCUT2D eigenvalue weighted by Gasteiger charge is 2.41. The summed E-state index contributed by atoms with van der Waals surface area (Å²) in [7, 11) is 4.16. The maximum atomic E-state index is 5.61. The van der Waals surface area contributed by atoms with Gasteiger partial charge in [0.05, 0.1) is 18.8 Å². The van der Waals surface area contributed by atoms with Gasteiger partial charge in [-0.05, 0) is 57.8 Å². The summed E-state index contributed by atoms with van der Waals surface area (Å²) in [6.45, 7) is 6.08. The molecule has 2 aliphatic rings. The number of guanidine groups is 1. The molecule has 1 aromatic rings. The van der Waals surface area contributed by atoms with Crippen molar-refractivity contribution in [1.82, 2.24) is 15.1 Å². The molecule has 1 aromatic heterocycles. The fourth-order valence-electron chi connectivity index (χ4n) is 4.24. The van der Waals surface area contributed by atoms with Gasteiger partial charge >= 0.3 is 0 Å². The predicted molar refractivity (Wildman–Crippen MR) is 98.2 cm³/mol. The Hall–Kier alpha value is -1.49. The summed E-state index contributed by atoms with van der Waals surface area (Å²) in [6, 6.07) is 4.17. The molecule has 5 nitrogen and oxygen atoms in total. The first kappa shape index (κ1) is 17.3. The van der Waals surface area contributed by atoms with Crippen molar-refractivity contribution in [3.63, 3.8) is 0 Å². The number of furan rings is 1. The zero-order valence-corrected chi connectivity index (χ0v) is 15.4. The minimum Gasteiger partial charge on any atom is -0.468 e. The Morgan fingerprint density at radius 1 is 1.38 bits per heavy atom. The Balaban J connectivity index is 1.69. The lowest BCUT2D eigenvalue weighted by Crippen LogP contribution is -2.41. The zero-order valence-electron chi connectivity index (χ0n) is 15.4. The summed E-state index contributed by atoms with van der Waals surface area (Å²) < 4.78 is 5.61. The van der Waals surface area contributed by atoms with Crippen LogP contribution in [0.1, 0.15) is 50.8 Å². The lowest BCUT2D eigenvalue weighted by molar-refractivity contribution is 0.263. The molecule has 0 bridgehead atoms. The molecule has 1 atom stereocenters. The minimum absolute atomic E-state index is 0.177. The van der Waals surface area contributed by atoms with Crippen molar-refractivity contribution in [2.45, 2.75) is 45.1 Å². The molecular formula is C19H32N4O. The maximum Gasteiger partial charge on any atom is 0.194 e. The number of nitrogens with zero attached hydrogens (tertiary/aromatic N) is 3. The normalized spacial score (nSPS) is 21.8. The second-order valence-corrected chi connectivity index (χ2v) is 7.57. The molecule has 1 aliphatic carbocycles. The van der Waals surface area contributed by atoms with Crippen LogP contribution in [0.4, 0.5) is 0 Å². The fraction of sp³-hybridized carbons (Fsp3) is 0.737. The quantitative estimate of drug-likeness (QED) is 0.665. The number of hydrogen-bond acceptors (Lipinski definition) is 3. The van der Waals surface area contributed by atoms with Crippen molar-refractivity contribution in [1.29, 1.82) is 0 Å². The van der Waals surface area contributed by atoms with E-state index < -0.39 is 0 Å². The van der Waals surface area contributed by atoms with Gasteiger partial charge in [0, 0.05) is 19.6 Å². The second kappa shape index (κ2) is 7.60. The van der Waals surface area contributed by atoms with Gasteiger partial charge in [0.2, 0.25) is 0 Å². The first-order chi connectivity index (χ1) is 11.6. The van der Waals surface area contributed by atoms with Gasteiger partial charge in [-0.25, -0.2) is 0 Å². The second-order valence-electron chi connectivity index (χ2n) is 7.57. The third-order valence-electron chi connectivity index (χ3n) is 5.65. The van der Waals surface area contributed by atoms with Crippen LogP contribution in [0.3, 0.4) is 0 Å². The van der Waals surface area contributed by atoms with Gasteiger partial charge in [-0.3, -0.25) is 9.89 Å². The van der Waals surface area contributed by atoms with Crippen LogP contribution < -0.4 is 5.32 Å². The van der Waals surface area contributed by atoms with E-state index in [1.54, 1.807) is 6.26 Å². The molecule has 0 radical (unpaired) electrons. The average molecular weight is 332 g/mol. The molecule has 1 spiro atoms. The van der Waals surface area contributed by atoms with Gasteiger partial charge in [-0.15, -0.1) is 0 Å². The molecule has 1 N–H and O–H groups in total. The molecule has 3 rings (SSSR count). The summed E-state index contributed by atoms with van der Waals surface area (Å²) in [4.78, 5) is 9.61. The molecule has 1 saturated carbocycles. The van der Waals surface area contributed by atoms with Crippen LogP contribution >= 0.6 is 0 Å². The summed E-state index contributed by atoms with van der Waals surface area (Å²) in [6.07, 6.45) is 8.68. The van der Waals surface area contributed by atoms with Gasteiger partial charge < -0.3 is 14.6 Å². The summed E-state index contributed by atoms with van der Waals surface area (Å²) in [5.74, 6) is 2.05. The highest BCUT2D eigenvalue weighted by Crippen LogP contribution is 2.45. The first-order valence-electron chi connectivity index (χ1n) is 9.37. The van der Waals surface area contributed by atoms with Crippen molar-refractivity contribution in [3.05, 3.63) is 24.2 Å². The van der Waals surface area contributed by atoms with Gasteiger partial charge in [0.25, 0.3) is 0 Å². The van der Waals surface area contributed by atoms with Crippen molar-refractivity contribution in [3.8, 4) is 0 Å². The van der Waals surface area contributed by atoms with Crippen molar-refractivity contribution in [2.75, 3.05) is 40.3 Å². The van der Waals surface area contributed by atoms with Gasteiger partial charge in [0.1, 0.15) is 5.76 Å². The van der Waals surface area contributed by atoms with Crippen molar-refractivity contribution in [2.24, 2.45) is 10.4 Å². The number of likely N-dealkylation sites (N-methyl/N-ethyl adjacent to an activating group) is 1. The number of likely N-dealkylation sites (tertiary alicyclic amines) is 1. The van der Waals surface area contributed by atoms with Gasteiger partial charge in [-0.2, -0.15) is 0 Å². The third kappa shape index (κ3) is 3.77. The third-order valence-corrected chi connectivity index (χ3v) is 5.65. The van der Waals surface area contributed by atoms with E-state index in [9.17, 15) is 0 Å². The van der Waals surface area contributed by atoms with Gasteiger partial charge in [0.15, 0.2) is 5.96 Å². The first-order valence-corrected chi connectivity index (χ1v) is 9.37. The molecule has 134 valence electrons. The van der Waals surface area contributed by atoms with Crippen LogP contribution in [0.15, 0.2) is 27.8 Å². The predicted octanol–water partition coefficient (Wildman–Crippen LogP) is 3.11. The number of nitrogens with one attached hydrogen (secondary N) is 1. The lowest BCUT2D eigenvalue weighted by atomic mass is 9.86. The van der Waals surface area contributed by atoms with Crippen LogP contribution in [-0.4, -0.2) is 56.0 Å². The van der Waals surface area contributed by atoms with E-state index in [4.69, 9.17) is 9.41 Å². The smallest absolute Gasteiger partial charge is 0.194 e. The molecule has 5 heteroatoms. The lowest BCUT2D eigenvalue weighted by Gasteiger charge is -2.27. The highest BCUT2D eigenvalue weighted by molar-refractivity contribution is 5.80. The van der Waals surface area contributed by atoms with Crippen LogP contribution in [0.2, 0.25) is 0 Å². The largest absolute Gasteiger partial charge is 0.468 e. The van der Waals surface area contributed by atoms with Crippen LogP contribution in [0.5, 0.6) is 0 Å². The van der Waals surface area contributed by atoms with E-state index >= 15 is 0 Å². The van der Waals surface area contributed by atoms with Crippen LogP contribution in [0.25, 0.3) is 0 Å². The summed E-state index contributed by atoms with van der Waals surface area (Å²) in [5.41, 5.74) is 0.568.